The van der Waals surface area contributed by atoms with Crippen molar-refractivity contribution >= 4 is 11.8 Å². The molecule has 0 fully saturated rings. The summed E-state index contributed by atoms with van der Waals surface area (Å²) in [6, 6.07) is 0. The number of ether oxygens (including phenoxy) is 1. The van der Waals surface area contributed by atoms with Gasteiger partial charge < -0.3 is 4.74 Å². The Labute approximate surface area is 73.1 Å². The van der Waals surface area contributed by atoms with Crippen molar-refractivity contribution in [2.24, 2.45) is 5.92 Å². The lowest BCUT2D eigenvalue weighted by molar-refractivity contribution is -0.145. The number of hydrogen-bond donors (Lipinski definition) is 0. The second-order valence-corrected chi connectivity index (χ2v) is 3.25. The Kier molecular flexibility index (Phi) is 5.34. The van der Waals surface area contributed by atoms with Gasteiger partial charge in [0.25, 0.3) is 0 Å². The fourth-order valence-corrected chi connectivity index (χ4v) is 0.704. The van der Waals surface area contributed by atoms with Gasteiger partial charge in [-0.2, -0.15) is 0 Å². The van der Waals surface area contributed by atoms with Crippen LogP contribution in [0.1, 0.15) is 33.6 Å². The minimum Gasteiger partial charge on any atom is -0.458 e. The van der Waals surface area contributed by atoms with Gasteiger partial charge >= 0.3 is 5.97 Å². The van der Waals surface area contributed by atoms with Gasteiger partial charge in [-0.3, -0.25) is 9.59 Å². The minimum absolute atomic E-state index is 0.00102. The average Bonchev–Trinajstić information content (AvgIpc) is 1.96. The van der Waals surface area contributed by atoms with Crippen LogP contribution in [-0.4, -0.2) is 18.4 Å². The maximum absolute atomic E-state index is 11.0. The Morgan fingerprint density at radius 1 is 1.33 bits per heavy atom. The normalized spacial score (nSPS) is 10.0. The molecule has 70 valence electrons. The van der Waals surface area contributed by atoms with Gasteiger partial charge in [-0.05, 0) is 12.3 Å². The maximum Gasteiger partial charge on any atom is 0.303 e. The van der Waals surface area contributed by atoms with Crippen LogP contribution in [-0.2, 0) is 14.3 Å². The SMILES string of the molecule is CC(=O)OCC(=O)CCC(C)C. The van der Waals surface area contributed by atoms with E-state index in [1.165, 1.54) is 6.92 Å². The van der Waals surface area contributed by atoms with Crippen molar-refractivity contribution in [2.45, 2.75) is 33.6 Å². The molecule has 0 rings (SSSR count). The number of esters is 1. The number of carbonyl (C=O) groups is 2. The third-order valence-electron chi connectivity index (χ3n) is 1.44. The highest BCUT2D eigenvalue weighted by molar-refractivity contribution is 5.81. The molecule has 3 heteroatoms. The lowest BCUT2D eigenvalue weighted by atomic mass is 10.1. The quantitative estimate of drug-likeness (QED) is 0.591. The highest BCUT2D eigenvalue weighted by Gasteiger charge is 2.04. The summed E-state index contributed by atoms with van der Waals surface area (Å²) in [5.74, 6) is 0.123. The zero-order valence-corrected chi connectivity index (χ0v) is 7.92. The summed E-state index contributed by atoms with van der Waals surface area (Å²) in [4.78, 5) is 21.3. The molecule has 0 atom stereocenters. The van der Waals surface area contributed by atoms with Crippen molar-refractivity contribution in [2.75, 3.05) is 6.61 Å². The summed E-state index contributed by atoms with van der Waals surface area (Å²) < 4.78 is 4.55. The number of hydrogen-bond acceptors (Lipinski definition) is 3. The van der Waals surface area contributed by atoms with E-state index in [1.807, 2.05) is 0 Å². The Morgan fingerprint density at radius 3 is 2.33 bits per heavy atom. The molecule has 0 amide bonds. The van der Waals surface area contributed by atoms with Crippen molar-refractivity contribution in [3.63, 3.8) is 0 Å². The van der Waals surface area contributed by atoms with Crippen molar-refractivity contribution in [1.82, 2.24) is 0 Å². The molecule has 0 aromatic rings. The highest BCUT2D eigenvalue weighted by atomic mass is 16.5. The number of rotatable bonds is 5. The summed E-state index contributed by atoms with van der Waals surface area (Å²) in [6.07, 6.45) is 1.37. The van der Waals surface area contributed by atoms with E-state index in [2.05, 4.69) is 18.6 Å². The van der Waals surface area contributed by atoms with E-state index < -0.39 is 5.97 Å². The van der Waals surface area contributed by atoms with Crippen LogP contribution in [0.4, 0.5) is 0 Å². The van der Waals surface area contributed by atoms with Crippen LogP contribution in [0.2, 0.25) is 0 Å². The van der Waals surface area contributed by atoms with Crippen LogP contribution in [0.5, 0.6) is 0 Å². The summed E-state index contributed by atoms with van der Waals surface area (Å²) in [5, 5.41) is 0. The Bertz CT molecular complexity index is 161. The number of carbonyl (C=O) groups excluding carboxylic acids is 2. The molecule has 0 aliphatic heterocycles. The molecule has 0 aromatic carbocycles. The number of Topliss-reactive ketones (excluding diaryl/α,β-unsaturated/α-hetero) is 1. The van der Waals surface area contributed by atoms with E-state index in [4.69, 9.17) is 0 Å². The zero-order valence-electron chi connectivity index (χ0n) is 7.92. The van der Waals surface area contributed by atoms with Gasteiger partial charge in [0.15, 0.2) is 5.78 Å². The van der Waals surface area contributed by atoms with E-state index in [9.17, 15) is 9.59 Å². The Morgan fingerprint density at radius 2 is 1.92 bits per heavy atom. The molecule has 0 aliphatic rings. The third-order valence-corrected chi connectivity index (χ3v) is 1.44. The number of ketones is 1. The zero-order chi connectivity index (χ0) is 9.56. The van der Waals surface area contributed by atoms with Gasteiger partial charge in [0, 0.05) is 13.3 Å². The summed E-state index contributed by atoms with van der Waals surface area (Å²) in [5.41, 5.74) is 0. The van der Waals surface area contributed by atoms with Gasteiger partial charge in [0.05, 0.1) is 0 Å². The molecule has 0 radical (unpaired) electrons. The van der Waals surface area contributed by atoms with E-state index in [-0.39, 0.29) is 12.4 Å². The molecule has 0 heterocycles. The van der Waals surface area contributed by atoms with Crippen LogP contribution in [0.3, 0.4) is 0 Å². The van der Waals surface area contributed by atoms with Gasteiger partial charge in [-0.1, -0.05) is 13.8 Å². The molecule has 0 aliphatic carbocycles. The highest BCUT2D eigenvalue weighted by Crippen LogP contribution is 2.03. The van der Waals surface area contributed by atoms with E-state index in [0.717, 1.165) is 6.42 Å². The largest absolute Gasteiger partial charge is 0.458 e. The summed E-state index contributed by atoms with van der Waals surface area (Å²) >= 11 is 0. The van der Waals surface area contributed by atoms with Crippen molar-refractivity contribution < 1.29 is 14.3 Å². The topological polar surface area (TPSA) is 43.4 Å². The predicted molar refractivity (Wildman–Crippen MR) is 45.7 cm³/mol. The van der Waals surface area contributed by atoms with Crippen LogP contribution in [0, 0.1) is 5.92 Å². The molecule has 0 saturated carbocycles. The lowest BCUT2D eigenvalue weighted by Gasteiger charge is -2.03. The molecule has 0 N–H and O–H groups in total. The van der Waals surface area contributed by atoms with Crippen LogP contribution >= 0.6 is 0 Å². The van der Waals surface area contributed by atoms with Crippen molar-refractivity contribution in [1.29, 1.82) is 0 Å². The molecular weight excluding hydrogens is 156 g/mol. The standard InChI is InChI=1S/C9H16O3/c1-7(2)4-5-9(11)6-12-8(3)10/h7H,4-6H2,1-3H3. The average molecular weight is 172 g/mol. The van der Waals surface area contributed by atoms with Crippen LogP contribution in [0.25, 0.3) is 0 Å². The van der Waals surface area contributed by atoms with Crippen molar-refractivity contribution in [3.8, 4) is 0 Å². The Balaban J connectivity index is 3.40. The van der Waals surface area contributed by atoms with E-state index in [0.29, 0.717) is 12.3 Å². The first-order chi connectivity index (χ1) is 5.52. The molecule has 0 saturated heterocycles. The van der Waals surface area contributed by atoms with Gasteiger partial charge in [0.1, 0.15) is 6.61 Å². The monoisotopic (exact) mass is 172 g/mol. The second kappa shape index (κ2) is 5.75. The fourth-order valence-electron chi connectivity index (χ4n) is 0.704. The van der Waals surface area contributed by atoms with Crippen LogP contribution in [0.15, 0.2) is 0 Å². The molecule has 0 bridgehead atoms. The Hall–Kier alpha value is -0.860. The predicted octanol–water partition coefficient (Wildman–Crippen LogP) is 1.55. The summed E-state index contributed by atoms with van der Waals surface area (Å²) in [6.45, 7) is 5.34. The van der Waals surface area contributed by atoms with Gasteiger partial charge in [-0.15, -0.1) is 0 Å². The van der Waals surface area contributed by atoms with Crippen molar-refractivity contribution in [3.05, 3.63) is 0 Å². The van der Waals surface area contributed by atoms with Gasteiger partial charge in [-0.25, -0.2) is 0 Å². The molecule has 3 nitrogen and oxygen atoms in total. The molecular formula is C9H16O3. The first-order valence-corrected chi connectivity index (χ1v) is 4.17. The third kappa shape index (κ3) is 7.25. The maximum atomic E-state index is 11.0. The molecule has 0 unspecified atom stereocenters. The van der Waals surface area contributed by atoms with Gasteiger partial charge in [0.2, 0.25) is 0 Å². The molecule has 0 aromatic heterocycles. The molecule has 0 spiro atoms. The first kappa shape index (κ1) is 11.1. The molecule has 12 heavy (non-hydrogen) atoms. The smallest absolute Gasteiger partial charge is 0.303 e. The minimum atomic E-state index is -0.395. The fraction of sp³-hybridized carbons (Fsp3) is 0.778. The lowest BCUT2D eigenvalue weighted by Crippen LogP contribution is -2.11. The second-order valence-electron chi connectivity index (χ2n) is 3.25. The summed E-state index contributed by atoms with van der Waals surface area (Å²) in [7, 11) is 0. The first-order valence-electron chi connectivity index (χ1n) is 4.17. The van der Waals surface area contributed by atoms with E-state index in [1.54, 1.807) is 0 Å². The van der Waals surface area contributed by atoms with Crippen LogP contribution < -0.4 is 0 Å². The van der Waals surface area contributed by atoms with E-state index >= 15 is 0 Å².